The highest BCUT2D eigenvalue weighted by Gasteiger charge is 2.41. The Morgan fingerprint density at radius 1 is 1.00 bits per heavy atom. The number of hydrogen-bond donors (Lipinski definition) is 0. The molecule has 2 atom stereocenters. The highest BCUT2D eigenvalue weighted by atomic mass is 79.9. The first-order valence-electron chi connectivity index (χ1n) is 13.9. The molecule has 2 aliphatic heterocycles. The summed E-state index contributed by atoms with van der Waals surface area (Å²) in [6.07, 6.45) is 5.17. The van der Waals surface area contributed by atoms with Gasteiger partial charge in [0, 0.05) is 22.0 Å². The van der Waals surface area contributed by atoms with Gasteiger partial charge in [-0.3, -0.25) is 0 Å². The van der Waals surface area contributed by atoms with Gasteiger partial charge in [-0.2, -0.15) is 5.10 Å². The fourth-order valence-corrected chi connectivity index (χ4v) is 5.50. The van der Waals surface area contributed by atoms with Crippen LogP contribution >= 0.6 is 15.9 Å². The Bertz CT molecular complexity index is 1310. The molecule has 0 N–H and O–H groups in total. The average Bonchev–Trinajstić information content (AvgIpc) is 3.39. The first-order chi connectivity index (χ1) is 19.0. The van der Waals surface area contributed by atoms with Gasteiger partial charge in [0.25, 0.3) is 0 Å². The van der Waals surface area contributed by atoms with E-state index in [9.17, 15) is 0 Å². The first-order valence-corrected chi connectivity index (χ1v) is 14.7. The van der Waals surface area contributed by atoms with Crippen LogP contribution in [0.4, 0.5) is 0 Å². The van der Waals surface area contributed by atoms with Crippen LogP contribution in [0.2, 0.25) is 0 Å². The summed E-state index contributed by atoms with van der Waals surface area (Å²) in [7, 11) is 1.68. The van der Waals surface area contributed by atoms with Crippen molar-refractivity contribution in [3.05, 3.63) is 81.8 Å². The minimum absolute atomic E-state index is 0.0540. The number of unbranched alkanes of at least 4 members (excludes halogenated alkanes) is 3. The summed E-state index contributed by atoms with van der Waals surface area (Å²) in [5.74, 6) is 3.19. The molecule has 0 fully saturated rings. The summed E-state index contributed by atoms with van der Waals surface area (Å²) in [6.45, 7) is 6.96. The lowest BCUT2D eigenvalue weighted by Gasteiger charge is -2.38. The van der Waals surface area contributed by atoms with Crippen LogP contribution in [-0.4, -0.2) is 30.5 Å². The number of ether oxygens (including phenoxy) is 4. The largest absolute Gasteiger partial charge is 0.493 e. The van der Waals surface area contributed by atoms with Crippen LogP contribution in [0, 0.1) is 0 Å². The minimum Gasteiger partial charge on any atom is -0.493 e. The molecule has 0 bridgehead atoms. The number of rotatable bonds is 11. The molecule has 206 valence electrons. The predicted octanol–water partition coefficient (Wildman–Crippen LogP) is 8.45. The molecule has 0 saturated heterocycles. The number of hydrogen-bond acceptors (Lipinski definition) is 6. The number of methoxy groups -OCH3 is 1. The Hall–Kier alpha value is -3.19. The van der Waals surface area contributed by atoms with Gasteiger partial charge in [0.15, 0.2) is 11.5 Å². The maximum Gasteiger partial charge on any atom is 0.214 e. The quantitative estimate of drug-likeness (QED) is 0.209. The molecule has 2 aliphatic rings. The van der Waals surface area contributed by atoms with Crippen molar-refractivity contribution in [1.29, 1.82) is 0 Å². The number of nitrogens with zero attached hydrogens (tertiary/aromatic N) is 2. The Kier molecular flexibility index (Phi) is 8.66. The Balaban J connectivity index is 1.43. The summed E-state index contributed by atoms with van der Waals surface area (Å²) in [6, 6.07) is 20.5. The maximum atomic E-state index is 6.58. The van der Waals surface area contributed by atoms with Crippen molar-refractivity contribution >= 4 is 21.6 Å². The molecule has 6 nitrogen and oxygen atoms in total. The molecule has 0 radical (unpaired) electrons. The zero-order valence-corrected chi connectivity index (χ0v) is 24.7. The number of benzene rings is 3. The summed E-state index contributed by atoms with van der Waals surface area (Å²) in [5, 5.41) is 7.20. The normalized spacial score (nSPS) is 17.8. The van der Waals surface area contributed by atoms with Gasteiger partial charge in [-0.05, 0) is 86.5 Å². The van der Waals surface area contributed by atoms with Crippen molar-refractivity contribution in [2.45, 2.75) is 71.2 Å². The van der Waals surface area contributed by atoms with Gasteiger partial charge >= 0.3 is 0 Å². The van der Waals surface area contributed by atoms with Gasteiger partial charge in [-0.25, -0.2) is 5.01 Å². The Morgan fingerprint density at radius 3 is 2.56 bits per heavy atom. The molecule has 39 heavy (non-hydrogen) atoms. The summed E-state index contributed by atoms with van der Waals surface area (Å²) < 4.78 is 25.2. The zero-order chi connectivity index (χ0) is 27.4. The molecule has 5 rings (SSSR count). The van der Waals surface area contributed by atoms with E-state index in [0.29, 0.717) is 12.4 Å². The van der Waals surface area contributed by atoms with Crippen LogP contribution in [0.1, 0.15) is 81.8 Å². The predicted molar refractivity (Wildman–Crippen MR) is 158 cm³/mol. The van der Waals surface area contributed by atoms with E-state index in [1.54, 1.807) is 7.11 Å². The molecule has 0 amide bonds. The third-order valence-electron chi connectivity index (χ3n) is 7.04. The van der Waals surface area contributed by atoms with Crippen molar-refractivity contribution in [2.24, 2.45) is 5.10 Å². The standard InChI is InChI=1S/C32H37BrN2O4/c1-5-6-7-8-17-37-30-15-11-23(18-31(30)36-4)32-35-28(26-19-24(33)12-16-29(26)39-32)20-27(34-35)22-9-13-25(14-10-22)38-21(2)3/h9-16,18-19,21,28,32H,5-8,17,20H2,1-4H3/t28-,32-/m0/s1. The second-order valence-corrected chi connectivity index (χ2v) is 11.2. The minimum atomic E-state index is -0.391. The highest BCUT2D eigenvalue weighted by molar-refractivity contribution is 9.10. The number of halogens is 1. The van der Waals surface area contributed by atoms with Crippen LogP contribution in [0.15, 0.2) is 70.2 Å². The first kappa shape index (κ1) is 27.4. The van der Waals surface area contributed by atoms with Gasteiger partial charge in [0.1, 0.15) is 11.5 Å². The lowest BCUT2D eigenvalue weighted by Crippen LogP contribution is -2.33. The third kappa shape index (κ3) is 6.19. The van der Waals surface area contributed by atoms with E-state index in [2.05, 4.69) is 52.1 Å². The summed E-state index contributed by atoms with van der Waals surface area (Å²) in [4.78, 5) is 0. The number of hydrazone groups is 1. The van der Waals surface area contributed by atoms with Gasteiger partial charge in [0.05, 0.1) is 31.6 Å². The van der Waals surface area contributed by atoms with E-state index < -0.39 is 6.23 Å². The zero-order valence-electron chi connectivity index (χ0n) is 23.2. The van der Waals surface area contributed by atoms with Crippen LogP contribution in [-0.2, 0) is 0 Å². The van der Waals surface area contributed by atoms with Crippen LogP contribution in [0.3, 0.4) is 0 Å². The molecule has 0 unspecified atom stereocenters. The SMILES string of the molecule is CCCCCCOc1ccc([C@@H]2Oc3ccc(Br)cc3[C@@H]3CC(c4ccc(OC(C)C)cc4)=NN32)cc1OC. The van der Waals surface area contributed by atoms with Crippen molar-refractivity contribution in [1.82, 2.24) is 5.01 Å². The highest BCUT2D eigenvalue weighted by Crippen LogP contribution is 2.49. The monoisotopic (exact) mass is 592 g/mol. The van der Waals surface area contributed by atoms with E-state index in [1.807, 2.05) is 50.2 Å². The maximum absolute atomic E-state index is 6.58. The summed E-state index contributed by atoms with van der Waals surface area (Å²) in [5.41, 5.74) is 4.20. The van der Waals surface area contributed by atoms with Crippen LogP contribution in [0.25, 0.3) is 0 Å². The molecule has 0 aromatic heterocycles. The van der Waals surface area contributed by atoms with Gasteiger partial charge in [-0.1, -0.05) is 42.1 Å². The van der Waals surface area contributed by atoms with Crippen LogP contribution < -0.4 is 18.9 Å². The van der Waals surface area contributed by atoms with Crippen molar-refractivity contribution in [3.8, 4) is 23.0 Å². The molecule has 0 saturated carbocycles. The second kappa shape index (κ2) is 12.3. The fourth-order valence-electron chi connectivity index (χ4n) is 5.12. The molecule has 0 spiro atoms. The average molecular weight is 594 g/mol. The van der Waals surface area contributed by atoms with Crippen molar-refractivity contribution < 1.29 is 18.9 Å². The second-order valence-electron chi connectivity index (χ2n) is 10.3. The van der Waals surface area contributed by atoms with Crippen molar-refractivity contribution in [3.63, 3.8) is 0 Å². The van der Waals surface area contributed by atoms with Gasteiger partial charge < -0.3 is 18.9 Å². The van der Waals surface area contributed by atoms with E-state index in [0.717, 1.165) is 57.0 Å². The molecule has 2 heterocycles. The molecular formula is C32H37BrN2O4. The third-order valence-corrected chi connectivity index (χ3v) is 7.53. The Morgan fingerprint density at radius 2 is 1.82 bits per heavy atom. The van der Waals surface area contributed by atoms with Crippen LogP contribution in [0.5, 0.6) is 23.0 Å². The van der Waals surface area contributed by atoms with Crippen molar-refractivity contribution in [2.75, 3.05) is 13.7 Å². The lowest BCUT2D eigenvalue weighted by molar-refractivity contribution is -0.0192. The molecule has 3 aromatic rings. The molecule has 3 aromatic carbocycles. The van der Waals surface area contributed by atoms with E-state index in [-0.39, 0.29) is 12.1 Å². The Labute approximate surface area is 240 Å². The smallest absolute Gasteiger partial charge is 0.214 e. The van der Waals surface area contributed by atoms with E-state index in [1.165, 1.54) is 19.3 Å². The molecule has 0 aliphatic carbocycles. The summed E-state index contributed by atoms with van der Waals surface area (Å²) >= 11 is 3.64. The fraction of sp³-hybridized carbons (Fsp3) is 0.406. The number of fused-ring (bicyclic) bond motifs is 3. The van der Waals surface area contributed by atoms with Gasteiger partial charge in [0.2, 0.25) is 6.23 Å². The van der Waals surface area contributed by atoms with Gasteiger partial charge in [-0.15, -0.1) is 0 Å². The molecular weight excluding hydrogens is 556 g/mol. The van der Waals surface area contributed by atoms with E-state index in [4.69, 9.17) is 24.0 Å². The molecule has 7 heteroatoms. The van der Waals surface area contributed by atoms with E-state index >= 15 is 0 Å². The lowest BCUT2D eigenvalue weighted by atomic mass is 9.96. The topological polar surface area (TPSA) is 52.5 Å².